The van der Waals surface area contributed by atoms with Crippen molar-refractivity contribution in [3.05, 3.63) is 94.2 Å². The quantitative estimate of drug-likeness (QED) is 0.288. The summed E-state index contributed by atoms with van der Waals surface area (Å²) < 4.78 is 6.36. The molecular formula is C25H21BrN2O4. The van der Waals surface area contributed by atoms with E-state index in [1.165, 1.54) is 4.90 Å². The SMILES string of the molecule is CCCOc1ccc(/C(O)=C2\C(=O)C(=O)N(c3cccc(Br)c3)C2c2cccnc2)cc1. The lowest BCUT2D eigenvalue weighted by molar-refractivity contribution is -0.132. The van der Waals surface area contributed by atoms with Crippen LogP contribution in [0.3, 0.4) is 0 Å². The topological polar surface area (TPSA) is 79.7 Å². The van der Waals surface area contributed by atoms with Crippen molar-refractivity contribution in [3.8, 4) is 5.75 Å². The lowest BCUT2D eigenvalue weighted by Crippen LogP contribution is -2.29. The minimum atomic E-state index is -0.811. The van der Waals surface area contributed by atoms with Gasteiger partial charge >= 0.3 is 0 Å². The van der Waals surface area contributed by atoms with Gasteiger partial charge in [0.1, 0.15) is 11.5 Å². The molecule has 1 amide bonds. The number of aromatic nitrogens is 1. The fourth-order valence-electron chi connectivity index (χ4n) is 3.66. The van der Waals surface area contributed by atoms with Crippen molar-refractivity contribution in [2.45, 2.75) is 19.4 Å². The van der Waals surface area contributed by atoms with E-state index >= 15 is 0 Å². The number of carbonyl (C=O) groups is 2. The fraction of sp³-hybridized carbons (Fsp3) is 0.160. The average Bonchev–Trinajstić information content (AvgIpc) is 3.08. The van der Waals surface area contributed by atoms with E-state index in [-0.39, 0.29) is 11.3 Å². The molecule has 0 radical (unpaired) electrons. The Kier molecular flexibility index (Phi) is 6.37. The standard InChI is InChI=1S/C25H21BrN2O4/c1-2-13-32-20-10-8-16(9-11-20)23(29)21-22(17-5-4-12-27-15-17)28(25(31)24(21)30)19-7-3-6-18(26)14-19/h3-12,14-15,22,29H,2,13H2,1H3/b23-21+. The zero-order valence-corrected chi connectivity index (χ0v) is 19.0. The normalized spacial score (nSPS) is 17.6. The highest BCUT2D eigenvalue weighted by molar-refractivity contribution is 9.10. The highest BCUT2D eigenvalue weighted by atomic mass is 79.9. The Labute approximate surface area is 194 Å². The van der Waals surface area contributed by atoms with Gasteiger partial charge in [-0.2, -0.15) is 0 Å². The molecule has 1 unspecified atom stereocenters. The van der Waals surface area contributed by atoms with Gasteiger partial charge in [0.2, 0.25) is 0 Å². The number of ether oxygens (including phenoxy) is 1. The van der Waals surface area contributed by atoms with Gasteiger partial charge in [-0.1, -0.05) is 35.0 Å². The van der Waals surface area contributed by atoms with Crippen molar-refractivity contribution in [3.63, 3.8) is 0 Å². The molecule has 0 spiro atoms. The first-order valence-corrected chi connectivity index (χ1v) is 11.0. The number of aliphatic hydroxyl groups excluding tert-OH is 1. The summed E-state index contributed by atoms with van der Waals surface area (Å²) in [5.74, 6) is -1.03. The van der Waals surface area contributed by atoms with Crippen LogP contribution in [0.15, 0.2) is 83.1 Å². The van der Waals surface area contributed by atoms with Crippen molar-refractivity contribution in [1.29, 1.82) is 0 Å². The third kappa shape index (κ3) is 4.16. The number of Topliss-reactive ketones (excluding diaryl/α,β-unsaturated/α-hetero) is 1. The third-order valence-corrected chi connectivity index (χ3v) is 5.62. The smallest absolute Gasteiger partial charge is 0.300 e. The molecule has 1 aromatic heterocycles. The highest BCUT2D eigenvalue weighted by Crippen LogP contribution is 2.42. The zero-order valence-electron chi connectivity index (χ0n) is 17.4. The Bertz CT molecular complexity index is 1180. The molecule has 0 saturated carbocycles. The summed E-state index contributed by atoms with van der Waals surface area (Å²) in [6.07, 6.45) is 4.09. The lowest BCUT2D eigenvalue weighted by atomic mass is 9.96. The average molecular weight is 493 g/mol. The number of benzene rings is 2. The van der Waals surface area contributed by atoms with Gasteiger partial charge in [0.05, 0.1) is 18.2 Å². The van der Waals surface area contributed by atoms with E-state index in [1.807, 2.05) is 13.0 Å². The second kappa shape index (κ2) is 9.36. The predicted octanol–water partition coefficient (Wildman–Crippen LogP) is 5.26. The molecule has 2 aromatic carbocycles. The number of aliphatic hydroxyl groups is 1. The maximum absolute atomic E-state index is 13.1. The maximum atomic E-state index is 13.1. The number of anilines is 1. The number of pyridine rings is 1. The van der Waals surface area contributed by atoms with Crippen LogP contribution in [0, 0.1) is 0 Å². The Morgan fingerprint density at radius 3 is 2.56 bits per heavy atom. The summed E-state index contributed by atoms with van der Waals surface area (Å²) in [7, 11) is 0. The zero-order chi connectivity index (χ0) is 22.7. The monoisotopic (exact) mass is 492 g/mol. The van der Waals surface area contributed by atoms with E-state index in [9.17, 15) is 14.7 Å². The van der Waals surface area contributed by atoms with Gasteiger partial charge in [-0.25, -0.2) is 0 Å². The number of ketones is 1. The van der Waals surface area contributed by atoms with E-state index in [0.29, 0.717) is 29.2 Å². The highest BCUT2D eigenvalue weighted by Gasteiger charge is 2.47. The van der Waals surface area contributed by atoms with Crippen LogP contribution < -0.4 is 9.64 Å². The first kappa shape index (κ1) is 21.8. The van der Waals surface area contributed by atoms with E-state index in [0.717, 1.165) is 10.9 Å². The summed E-state index contributed by atoms with van der Waals surface area (Å²) in [4.78, 5) is 31.8. The molecule has 0 bridgehead atoms. The summed E-state index contributed by atoms with van der Waals surface area (Å²) in [5.41, 5.74) is 1.61. The molecule has 1 aliphatic heterocycles. The summed E-state index contributed by atoms with van der Waals surface area (Å²) in [5, 5.41) is 11.1. The maximum Gasteiger partial charge on any atom is 0.300 e. The second-order valence-electron chi connectivity index (χ2n) is 7.31. The van der Waals surface area contributed by atoms with Crippen LogP contribution in [-0.4, -0.2) is 28.4 Å². The molecule has 1 atom stereocenters. The number of hydrogen-bond acceptors (Lipinski definition) is 5. The van der Waals surface area contributed by atoms with Gasteiger partial charge in [-0.05, 0) is 60.5 Å². The molecule has 7 heteroatoms. The van der Waals surface area contributed by atoms with Gasteiger partial charge in [0, 0.05) is 28.1 Å². The van der Waals surface area contributed by atoms with E-state index in [4.69, 9.17) is 4.74 Å². The van der Waals surface area contributed by atoms with Crippen LogP contribution in [0.2, 0.25) is 0 Å². The van der Waals surface area contributed by atoms with Gasteiger partial charge < -0.3 is 9.84 Å². The Hall–Kier alpha value is -3.45. The van der Waals surface area contributed by atoms with Gasteiger partial charge in [0.15, 0.2) is 0 Å². The van der Waals surface area contributed by atoms with Gasteiger partial charge in [0.25, 0.3) is 11.7 Å². The van der Waals surface area contributed by atoms with Crippen LogP contribution >= 0.6 is 15.9 Å². The lowest BCUT2D eigenvalue weighted by Gasteiger charge is -2.25. The predicted molar refractivity (Wildman–Crippen MR) is 125 cm³/mol. The molecule has 3 aromatic rings. The summed E-state index contributed by atoms with van der Waals surface area (Å²) in [6.45, 7) is 2.60. The third-order valence-electron chi connectivity index (χ3n) is 5.13. The molecular weight excluding hydrogens is 472 g/mol. The Morgan fingerprint density at radius 2 is 1.91 bits per heavy atom. The number of amides is 1. The molecule has 1 saturated heterocycles. The van der Waals surface area contributed by atoms with Crippen molar-refractivity contribution in [2.24, 2.45) is 0 Å². The van der Waals surface area contributed by atoms with Crippen molar-refractivity contribution >= 4 is 39.1 Å². The molecule has 1 fully saturated rings. The largest absolute Gasteiger partial charge is 0.507 e. The molecule has 1 N–H and O–H groups in total. The Morgan fingerprint density at radius 1 is 1.12 bits per heavy atom. The van der Waals surface area contributed by atoms with E-state index in [1.54, 1.807) is 67.0 Å². The fourth-order valence-corrected chi connectivity index (χ4v) is 4.05. The van der Waals surface area contributed by atoms with Crippen molar-refractivity contribution < 1.29 is 19.4 Å². The summed E-state index contributed by atoms with van der Waals surface area (Å²) in [6, 6.07) is 16.6. The molecule has 2 heterocycles. The van der Waals surface area contributed by atoms with Crippen molar-refractivity contribution in [2.75, 3.05) is 11.5 Å². The molecule has 0 aliphatic carbocycles. The molecule has 6 nitrogen and oxygen atoms in total. The number of carbonyl (C=O) groups excluding carboxylic acids is 2. The Balaban J connectivity index is 1.84. The van der Waals surface area contributed by atoms with Crippen LogP contribution in [0.4, 0.5) is 5.69 Å². The van der Waals surface area contributed by atoms with Crippen LogP contribution in [0.5, 0.6) is 5.75 Å². The van der Waals surface area contributed by atoms with Crippen molar-refractivity contribution in [1.82, 2.24) is 4.98 Å². The minimum Gasteiger partial charge on any atom is -0.507 e. The van der Waals surface area contributed by atoms with Gasteiger partial charge in [-0.15, -0.1) is 0 Å². The molecule has 32 heavy (non-hydrogen) atoms. The molecule has 4 rings (SSSR count). The summed E-state index contributed by atoms with van der Waals surface area (Å²) >= 11 is 3.42. The van der Waals surface area contributed by atoms with E-state index in [2.05, 4.69) is 20.9 Å². The first-order chi connectivity index (χ1) is 15.5. The first-order valence-electron chi connectivity index (χ1n) is 10.2. The number of nitrogens with zero attached hydrogens (tertiary/aromatic N) is 2. The molecule has 162 valence electrons. The minimum absolute atomic E-state index is 0.0187. The second-order valence-corrected chi connectivity index (χ2v) is 8.22. The van der Waals surface area contributed by atoms with Crippen LogP contribution in [-0.2, 0) is 9.59 Å². The van der Waals surface area contributed by atoms with Gasteiger partial charge in [-0.3, -0.25) is 19.5 Å². The number of rotatable bonds is 6. The molecule has 1 aliphatic rings. The van der Waals surface area contributed by atoms with Crippen LogP contribution in [0.25, 0.3) is 5.76 Å². The van der Waals surface area contributed by atoms with Crippen LogP contribution in [0.1, 0.15) is 30.5 Å². The number of halogens is 1. The van der Waals surface area contributed by atoms with E-state index < -0.39 is 17.7 Å². The number of hydrogen-bond donors (Lipinski definition) is 1.